The number of hydrogen-bond acceptors (Lipinski definition) is 3. The Kier molecular flexibility index (Phi) is 5.60. The molecule has 0 bridgehead atoms. The van der Waals surface area contributed by atoms with E-state index in [9.17, 15) is 4.79 Å². The van der Waals surface area contributed by atoms with Gasteiger partial charge in [0.1, 0.15) is 0 Å². The summed E-state index contributed by atoms with van der Waals surface area (Å²) in [7, 11) is 0. The Bertz CT molecular complexity index is 221. The second-order valence-corrected chi connectivity index (χ2v) is 4.60. The largest absolute Gasteiger partial charge is 0.450 e. The lowest BCUT2D eigenvalue weighted by Gasteiger charge is -2.36. The van der Waals surface area contributed by atoms with E-state index in [0.717, 1.165) is 32.5 Å². The first kappa shape index (κ1) is 13.3. The molecule has 1 saturated heterocycles. The highest BCUT2D eigenvalue weighted by molar-refractivity contribution is 5.67. The SMILES string of the molecule is CCCNC1CC(C)CN(C(=O)OCC)C1. The molecule has 0 aromatic carbocycles. The third-order valence-electron chi connectivity index (χ3n) is 2.87. The molecule has 1 fully saturated rings. The zero-order chi connectivity index (χ0) is 12.0. The molecule has 1 rings (SSSR count). The fourth-order valence-electron chi connectivity index (χ4n) is 2.21. The van der Waals surface area contributed by atoms with Crippen LogP contribution in [0.2, 0.25) is 0 Å². The maximum atomic E-state index is 11.6. The summed E-state index contributed by atoms with van der Waals surface area (Å²) in [6, 6.07) is 0.424. The number of nitrogens with one attached hydrogen (secondary N) is 1. The van der Waals surface area contributed by atoms with Crippen molar-refractivity contribution in [3.8, 4) is 0 Å². The Hall–Kier alpha value is -0.770. The second kappa shape index (κ2) is 6.74. The highest BCUT2D eigenvalue weighted by atomic mass is 16.6. The predicted octanol–water partition coefficient (Wildman–Crippen LogP) is 1.85. The normalized spacial score (nSPS) is 25.6. The van der Waals surface area contributed by atoms with Crippen LogP contribution in [0.1, 0.15) is 33.6 Å². The predicted molar refractivity (Wildman–Crippen MR) is 64.5 cm³/mol. The molecule has 0 aromatic rings. The van der Waals surface area contributed by atoms with Crippen LogP contribution in [0.4, 0.5) is 4.79 Å². The van der Waals surface area contributed by atoms with Gasteiger partial charge >= 0.3 is 6.09 Å². The van der Waals surface area contributed by atoms with E-state index in [1.807, 2.05) is 11.8 Å². The van der Waals surface area contributed by atoms with Crippen LogP contribution in [0.25, 0.3) is 0 Å². The van der Waals surface area contributed by atoms with Gasteiger partial charge in [-0.1, -0.05) is 13.8 Å². The van der Waals surface area contributed by atoms with Crippen molar-refractivity contribution in [2.75, 3.05) is 26.2 Å². The van der Waals surface area contributed by atoms with Crippen LogP contribution >= 0.6 is 0 Å². The van der Waals surface area contributed by atoms with Gasteiger partial charge in [-0.2, -0.15) is 0 Å². The van der Waals surface area contributed by atoms with Crippen LogP contribution < -0.4 is 5.32 Å². The monoisotopic (exact) mass is 228 g/mol. The lowest BCUT2D eigenvalue weighted by Crippen LogP contribution is -2.51. The van der Waals surface area contributed by atoms with E-state index in [2.05, 4.69) is 19.2 Å². The summed E-state index contributed by atoms with van der Waals surface area (Å²) in [6.45, 7) is 9.27. The molecular formula is C12H24N2O2. The van der Waals surface area contributed by atoms with Gasteiger partial charge in [0.05, 0.1) is 6.61 Å². The first-order chi connectivity index (χ1) is 7.67. The fourth-order valence-corrected chi connectivity index (χ4v) is 2.21. The summed E-state index contributed by atoms with van der Waals surface area (Å²) in [4.78, 5) is 13.5. The number of likely N-dealkylation sites (tertiary alicyclic amines) is 1. The maximum absolute atomic E-state index is 11.6. The lowest BCUT2D eigenvalue weighted by atomic mass is 9.96. The number of nitrogens with zero attached hydrogens (tertiary/aromatic N) is 1. The Morgan fingerprint density at radius 2 is 2.19 bits per heavy atom. The number of carbonyl (C=O) groups excluding carboxylic acids is 1. The van der Waals surface area contributed by atoms with E-state index in [-0.39, 0.29) is 6.09 Å². The van der Waals surface area contributed by atoms with Crippen LogP contribution in [0.3, 0.4) is 0 Å². The summed E-state index contributed by atoms with van der Waals surface area (Å²) in [6.07, 6.45) is 2.11. The molecule has 0 saturated carbocycles. The van der Waals surface area contributed by atoms with E-state index in [1.54, 1.807) is 0 Å². The smallest absolute Gasteiger partial charge is 0.409 e. The van der Waals surface area contributed by atoms with Gasteiger partial charge in [0.15, 0.2) is 0 Å². The molecule has 94 valence electrons. The zero-order valence-corrected chi connectivity index (χ0v) is 10.7. The zero-order valence-electron chi connectivity index (χ0n) is 10.7. The van der Waals surface area contributed by atoms with E-state index in [1.165, 1.54) is 0 Å². The van der Waals surface area contributed by atoms with Gasteiger partial charge in [-0.05, 0) is 32.2 Å². The standard InChI is InChI=1S/C12H24N2O2/c1-4-6-13-11-7-10(3)8-14(9-11)12(15)16-5-2/h10-11,13H,4-9H2,1-3H3. The Balaban J connectivity index is 2.43. The van der Waals surface area contributed by atoms with Crippen LogP contribution in [0.15, 0.2) is 0 Å². The molecule has 16 heavy (non-hydrogen) atoms. The first-order valence-electron chi connectivity index (χ1n) is 6.32. The molecule has 4 nitrogen and oxygen atoms in total. The minimum absolute atomic E-state index is 0.169. The van der Waals surface area contributed by atoms with Crippen molar-refractivity contribution in [3.63, 3.8) is 0 Å². The molecule has 2 atom stereocenters. The maximum Gasteiger partial charge on any atom is 0.409 e. The number of ether oxygens (including phenoxy) is 1. The number of carbonyl (C=O) groups is 1. The van der Waals surface area contributed by atoms with E-state index in [0.29, 0.717) is 18.6 Å². The molecule has 1 heterocycles. The van der Waals surface area contributed by atoms with Gasteiger partial charge in [0.25, 0.3) is 0 Å². The molecule has 1 aliphatic rings. The first-order valence-corrected chi connectivity index (χ1v) is 6.32. The van der Waals surface area contributed by atoms with Gasteiger partial charge in [-0.15, -0.1) is 0 Å². The van der Waals surface area contributed by atoms with Crippen LogP contribution in [0.5, 0.6) is 0 Å². The van der Waals surface area contributed by atoms with Crippen molar-refractivity contribution in [2.24, 2.45) is 5.92 Å². The third kappa shape index (κ3) is 4.00. The van der Waals surface area contributed by atoms with Gasteiger partial charge in [-0.25, -0.2) is 4.79 Å². The molecule has 0 aromatic heterocycles. The van der Waals surface area contributed by atoms with Gasteiger partial charge in [-0.3, -0.25) is 0 Å². The highest BCUT2D eigenvalue weighted by Gasteiger charge is 2.27. The molecule has 4 heteroatoms. The van der Waals surface area contributed by atoms with E-state index >= 15 is 0 Å². The molecular weight excluding hydrogens is 204 g/mol. The average molecular weight is 228 g/mol. The summed E-state index contributed by atoms with van der Waals surface area (Å²) in [5.74, 6) is 0.549. The third-order valence-corrected chi connectivity index (χ3v) is 2.87. The Morgan fingerprint density at radius 1 is 1.44 bits per heavy atom. The molecule has 0 radical (unpaired) electrons. The van der Waals surface area contributed by atoms with Crippen LogP contribution in [-0.4, -0.2) is 43.3 Å². The quantitative estimate of drug-likeness (QED) is 0.798. The Morgan fingerprint density at radius 3 is 2.81 bits per heavy atom. The summed E-state index contributed by atoms with van der Waals surface area (Å²) in [5.41, 5.74) is 0. The van der Waals surface area contributed by atoms with Gasteiger partial charge in [0, 0.05) is 19.1 Å². The molecule has 1 N–H and O–H groups in total. The van der Waals surface area contributed by atoms with Crippen molar-refractivity contribution >= 4 is 6.09 Å². The fraction of sp³-hybridized carbons (Fsp3) is 0.917. The second-order valence-electron chi connectivity index (χ2n) is 4.60. The number of rotatable bonds is 4. The van der Waals surface area contributed by atoms with Crippen molar-refractivity contribution in [3.05, 3.63) is 0 Å². The van der Waals surface area contributed by atoms with Crippen molar-refractivity contribution in [2.45, 2.75) is 39.7 Å². The summed E-state index contributed by atoms with van der Waals surface area (Å²) < 4.78 is 5.04. The van der Waals surface area contributed by atoms with Crippen LogP contribution in [0, 0.1) is 5.92 Å². The highest BCUT2D eigenvalue weighted by Crippen LogP contribution is 2.17. The summed E-state index contributed by atoms with van der Waals surface area (Å²) in [5, 5.41) is 3.48. The van der Waals surface area contributed by atoms with Crippen molar-refractivity contribution in [1.29, 1.82) is 0 Å². The van der Waals surface area contributed by atoms with Crippen LogP contribution in [-0.2, 0) is 4.74 Å². The van der Waals surface area contributed by atoms with Crippen molar-refractivity contribution in [1.82, 2.24) is 10.2 Å². The number of amides is 1. The van der Waals surface area contributed by atoms with E-state index < -0.39 is 0 Å². The van der Waals surface area contributed by atoms with E-state index in [4.69, 9.17) is 4.74 Å². The topological polar surface area (TPSA) is 41.6 Å². The molecule has 2 unspecified atom stereocenters. The average Bonchev–Trinajstić information content (AvgIpc) is 2.26. The molecule has 1 aliphatic heterocycles. The Labute approximate surface area is 98.3 Å². The lowest BCUT2D eigenvalue weighted by molar-refractivity contribution is 0.0815. The molecule has 0 spiro atoms. The summed E-state index contributed by atoms with van der Waals surface area (Å²) >= 11 is 0. The van der Waals surface area contributed by atoms with Gasteiger partial charge in [0.2, 0.25) is 0 Å². The molecule has 0 aliphatic carbocycles. The number of hydrogen-bond donors (Lipinski definition) is 1. The van der Waals surface area contributed by atoms with Gasteiger partial charge < -0.3 is 15.0 Å². The number of piperidine rings is 1. The molecule has 1 amide bonds. The minimum Gasteiger partial charge on any atom is -0.450 e. The minimum atomic E-state index is -0.169. The van der Waals surface area contributed by atoms with Crippen molar-refractivity contribution < 1.29 is 9.53 Å².